The lowest BCUT2D eigenvalue weighted by atomic mass is 10.1. The van der Waals surface area contributed by atoms with Gasteiger partial charge in [-0.3, -0.25) is 19.4 Å². The van der Waals surface area contributed by atoms with E-state index in [0.717, 1.165) is 22.6 Å². The molecule has 2 saturated heterocycles. The summed E-state index contributed by atoms with van der Waals surface area (Å²) in [5, 5.41) is 11.5. The highest BCUT2D eigenvalue weighted by Gasteiger charge is 2.42. The number of halogens is 3. The van der Waals surface area contributed by atoms with Gasteiger partial charge in [-0.05, 0) is 48.7 Å². The Hall–Kier alpha value is -1.83. The van der Waals surface area contributed by atoms with Crippen LogP contribution in [0.25, 0.3) is 0 Å². The SMILES string of the molecule is O=C1CCC(=O)N1c1ccc(O[C@H]2c3cc(Cl)cc(Cl)c3C[C@@H]2N2CCC(O)C2)c(Cl)c1. The zero-order valence-corrected chi connectivity index (χ0v) is 19.3. The summed E-state index contributed by atoms with van der Waals surface area (Å²) in [7, 11) is 0. The van der Waals surface area contributed by atoms with E-state index in [1.165, 1.54) is 0 Å². The van der Waals surface area contributed by atoms with Crippen molar-refractivity contribution in [3.63, 3.8) is 0 Å². The molecule has 1 aliphatic carbocycles. The molecule has 32 heavy (non-hydrogen) atoms. The van der Waals surface area contributed by atoms with Gasteiger partial charge in [-0.15, -0.1) is 0 Å². The summed E-state index contributed by atoms with van der Waals surface area (Å²) in [6.45, 7) is 1.33. The van der Waals surface area contributed by atoms with Gasteiger partial charge in [-0.25, -0.2) is 0 Å². The first-order chi connectivity index (χ1) is 15.3. The van der Waals surface area contributed by atoms with E-state index in [4.69, 9.17) is 39.5 Å². The van der Waals surface area contributed by atoms with Gasteiger partial charge in [-0.2, -0.15) is 0 Å². The largest absolute Gasteiger partial charge is 0.482 e. The molecule has 168 valence electrons. The second-order valence-corrected chi connectivity index (χ2v) is 9.69. The fraction of sp³-hybridized carbons (Fsp3) is 0.391. The molecule has 1 unspecified atom stereocenters. The first kappa shape index (κ1) is 22.0. The number of aliphatic hydroxyl groups is 1. The molecule has 2 fully saturated rings. The first-order valence-corrected chi connectivity index (χ1v) is 11.7. The van der Waals surface area contributed by atoms with Gasteiger partial charge in [0.15, 0.2) is 0 Å². The standard InChI is InChI=1S/C23H21Cl3N2O4/c24-12-7-16-15(17(25)8-12)10-19(27-6-5-14(29)11-27)23(16)32-20-2-1-13(9-18(20)26)28-21(30)3-4-22(28)31/h1-2,7-9,14,19,23,29H,3-6,10-11H2/t14?,19-,23-/m0/s1. The van der Waals surface area contributed by atoms with Crippen molar-refractivity contribution >= 4 is 52.3 Å². The number of aliphatic hydroxyl groups excluding tert-OH is 1. The molecular weight excluding hydrogens is 475 g/mol. The molecular formula is C23H21Cl3N2O4. The van der Waals surface area contributed by atoms with Gasteiger partial charge in [0.1, 0.15) is 11.9 Å². The molecule has 0 aromatic heterocycles. The Morgan fingerprint density at radius 2 is 1.75 bits per heavy atom. The number of fused-ring (bicyclic) bond motifs is 1. The van der Waals surface area contributed by atoms with Crippen LogP contribution in [0.1, 0.15) is 36.5 Å². The monoisotopic (exact) mass is 494 g/mol. The second kappa shape index (κ2) is 8.50. The van der Waals surface area contributed by atoms with Crippen LogP contribution < -0.4 is 9.64 Å². The van der Waals surface area contributed by atoms with Gasteiger partial charge in [0.2, 0.25) is 11.8 Å². The number of β-amino-alcohol motifs (C(OH)–C–C–N with tert-alkyl or cyclic N) is 1. The number of anilines is 1. The predicted octanol–water partition coefficient (Wildman–Crippen LogP) is 4.41. The number of carbonyl (C=O) groups excluding carboxylic acids is 2. The van der Waals surface area contributed by atoms with E-state index in [-0.39, 0.29) is 42.9 Å². The van der Waals surface area contributed by atoms with E-state index in [1.54, 1.807) is 24.3 Å². The molecule has 2 aliphatic heterocycles. The number of hydrogen-bond donors (Lipinski definition) is 1. The van der Waals surface area contributed by atoms with Crippen LogP contribution in [0.2, 0.25) is 15.1 Å². The summed E-state index contributed by atoms with van der Waals surface area (Å²) < 4.78 is 6.41. The molecule has 2 aromatic carbocycles. The van der Waals surface area contributed by atoms with Gasteiger partial charge >= 0.3 is 0 Å². The predicted molar refractivity (Wildman–Crippen MR) is 123 cm³/mol. The quantitative estimate of drug-likeness (QED) is 0.636. The molecule has 2 amide bonds. The molecule has 5 rings (SSSR count). The third-order valence-corrected chi connectivity index (χ3v) is 7.26. The van der Waals surface area contributed by atoms with Crippen LogP contribution in [-0.4, -0.2) is 47.1 Å². The zero-order valence-electron chi connectivity index (χ0n) is 17.1. The highest BCUT2D eigenvalue weighted by atomic mass is 35.5. The summed E-state index contributed by atoms with van der Waals surface area (Å²) in [5.74, 6) is -0.0315. The van der Waals surface area contributed by atoms with Crippen molar-refractivity contribution in [3.8, 4) is 5.75 Å². The highest BCUT2D eigenvalue weighted by Crippen LogP contribution is 2.44. The van der Waals surface area contributed by atoms with Crippen molar-refractivity contribution in [1.82, 2.24) is 4.90 Å². The van der Waals surface area contributed by atoms with Crippen molar-refractivity contribution in [2.45, 2.75) is 43.9 Å². The molecule has 1 N–H and O–H groups in total. The van der Waals surface area contributed by atoms with E-state index >= 15 is 0 Å². The van der Waals surface area contributed by atoms with Gasteiger partial charge in [0.25, 0.3) is 0 Å². The maximum absolute atomic E-state index is 12.1. The molecule has 0 spiro atoms. The smallest absolute Gasteiger partial charge is 0.234 e. The van der Waals surface area contributed by atoms with Crippen molar-refractivity contribution in [2.24, 2.45) is 0 Å². The fourth-order valence-corrected chi connectivity index (χ4v) is 5.68. The van der Waals surface area contributed by atoms with Gasteiger partial charge in [-0.1, -0.05) is 34.8 Å². The van der Waals surface area contributed by atoms with Crippen LogP contribution in [0.3, 0.4) is 0 Å². The lowest BCUT2D eigenvalue weighted by molar-refractivity contribution is -0.121. The molecule has 0 saturated carbocycles. The number of rotatable bonds is 4. The minimum atomic E-state index is -0.384. The van der Waals surface area contributed by atoms with E-state index in [0.29, 0.717) is 45.9 Å². The summed E-state index contributed by atoms with van der Waals surface area (Å²) >= 11 is 19.3. The van der Waals surface area contributed by atoms with Gasteiger partial charge in [0.05, 0.1) is 22.9 Å². The minimum absolute atomic E-state index is 0.0319. The Kier molecular flexibility index (Phi) is 5.84. The van der Waals surface area contributed by atoms with Crippen LogP contribution in [0.4, 0.5) is 5.69 Å². The van der Waals surface area contributed by atoms with Gasteiger partial charge < -0.3 is 9.84 Å². The Balaban J connectivity index is 1.47. The highest BCUT2D eigenvalue weighted by molar-refractivity contribution is 6.35. The molecule has 0 bridgehead atoms. The normalized spacial score (nSPS) is 25.6. The summed E-state index contributed by atoms with van der Waals surface area (Å²) in [5.41, 5.74) is 2.32. The number of nitrogens with zero attached hydrogens (tertiary/aromatic N) is 2. The number of likely N-dealkylation sites (tertiary alicyclic amines) is 1. The third-order valence-electron chi connectivity index (χ3n) is 6.41. The van der Waals surface area contributed by atoms with E-state index in [2.05, 4.69) is 4.90 Å². The van der Waals surface area contributed by atoms with Crippen LogP contribution in [0, 0.1) is 0 Å². The number of imide groups is 1. The van der Waals surface area contributed by atoms with Crippen LogP contribution >= 0.6 is 34.8 Å². The Bertz CT molecular complexity index is 1090. The second-order valence-electron chi connectivity index (χ2n) is 8.44. The first-order valence-electron chi connectivity index (χ1n) is 10.5. The number of benzene rings is 2. The summed E-state index contributed by atoms with van der Waals surface area (Å²) in [6.07, 6.45) is 1.05. The third kappa shape index (κ3) is 3.88. The van der Waals surface area contributed by atoms with Crippen LogP contribution in [-0.2, 0) is 16.0 Å². The molecule has 6 nitrogen and oxygen atoms in total. The fourth-order valence-electron chi connectivity index (χ4n) is 4.87. The molecule has 9 heteroatoms. The van der Waals surface area contributed by atoms with Crippen LogP contribution in [0.15, 0.2) is 30.3 Å². The van der Waals surface area contributed by atoms with E-state index in [1.807, 2.05) is 6.07 Å². The molecule has 2 heterocycles. The van der Waals surface area contributed by atoms with Crippen LogP contribution in [0.5, 0.6) is 5.75 Å². The van der Waals surface area contributed by atoms with E-state index in [9.17, 15) is 14.7 Å². The Morgan fingerprint density at radius 1 is 1.00 bits per heavy atom. The van der Waals surface area contributed by atoms with Crippen molar-refractivity contribution in [1.29, 1.82) is 0 Å². The topological polar surface area (TPSA) is 70.1 Å². The maximum Gasteiger partial charge on any atom is 0.234 e. The number of carbonyl (C=O) groups is 2. The van der Waals surface area contributed by atoms with Crippen molar-refractivity contribution in [2.75, 3.05) is 18.0 Å². The minimum Gasteiger partial charge on any atom is -0.482 e. The average Bonchev–Trinajstić information content (AvgIpc) is 3.41. The number of hydrogen-bond acceptors (Lipinski definition) is 5. The van der Waals surface area contributed by atoms with E-state index < -0.39 is 0 Å². The average molecular weight is 496 g/mol. The zero-order chi connectivity index (χ0) is 22.6. The van der Waals surface area contributed by atoms with Gasteiger partial charge in [0, 0.05) is 41.5 Å². The Morgan fingerprint density at radius 3 is 2.41 bits per heavy atom. The number of ether oxygens (including phenoxy) is 1. The summed E-state index contributed by atoms with van der Waals surface area (Å²) in [6, 6.07) is 8.48. The molecule has 2 aromatic rings. The lowest BCUT2D eigenvalue weighted by Gasteiger charge is -2.30. The Labute approximate surface area is 200 Å². The molecule has 0 radical (unpaired) electrons. The number of amides is 2. The van der Waals surface area contributed by atoms with Crippen molar-refractivity contribution in [3.05, 3.63) is 56.5 Å². The lowest BCUT2D eigenvalue weighted by Crippen LogP contribution is -2.39. The molecule has 3 atom stereocenters. The van der Waals surface area contributed by atoms with Crippen molar-refractivity contribution < 1.29 is 19.4 Å². The maximum atomic E-state index is 12.1. The molecule has 3 aliphatic rings. The summed E-state index contributed by atoms with van der Waals surface area (Å²) in [4.78, 5) is 27.5.